The minimum atomic E-state index is -1.25. The Morgan fingerprint density at radius 3 is 2.31 bits per heavy atom. The van der Waals surface area contributed by atoms with Gasteiger partial charge >= 0.3 is 12.1 Å². The van der Waals surface area contributed by atoms with E-state index in [1.807, 2.05) is 0 Å². The van der Waals surface area contributed by atoms with Crippen molar-refractivity contribution in [3.63, 3.8) is 0 Å². The SMILES string of the molecule is COC(=O)C(C)(C)NC(=O)[C@H](Cc1cn(C)cn1)NC(=O)OC(C)(C)C. The Balaban J connectivity index is 2.93. The second-order valence-electron chi connectivity index (χ2n) is 7.54. The number of methoxy groups -OCH3 is 1. The van der Waals surface area contributed by atoms with Gasteiger partial charge in [-0.25, -0.2) is 14.6 Å². The maximum Gasteiger partial charge on any atom is 0.408 e. The molecule has 2 N–H and O–H groups in total. The quantitative estimate of drug-likeness (QED) is 0.723. The first kappa shape index (κ1) is 21.5. The molecule has 0 aromatic carbocycles. The molecule has 1 aromatic heterocycles. The van der Waals surface area contributed by atoms with E-state index in [1.165, 1.54) is 21.0 Å². The smallest absolute Gasteiger partial charge is 0.408 e. The van der Waals surface area contributed by atoms with Crippen LogP contribution >= 0.6 is 0 Å². The minimum absolute atomic E-state index is 0.142. The van der Waals surface area contributed by atoms with Crippen molar-refractivity contribution in [3.05, 3.63) is 18.2 Å². The van der Waals surface area contributed by atoms with Gasteiger partial charge in [-0.3, -0.25) is 4.79 Å². The Labute approximate surface area is 153 Å². The first-order valence-corrected chi connectivity index (χ1v) is 8.21. The Morgan fingerprint density at radius 2 is 1.85 bits per heavy atom. The van der Waals surface area contributed by atoms with Gasteiger partial charge in [-0.1, -0.05) is 0 Å². The number of aryl methyl sites for hydroxylation is 1. The summed E-state index contributed by atoms with van der Waals surface area (Å²) in [6.07, 6.45) is 2.74. The fraction of sp³-hybridized carbons (Fsp3) is 0.647. The largest absolute Gasteiger partial charge is 0.467 e. The molecule has 146 valence electrons. The van der Waals surface area contributed by atoms with Crippen molar-refractivity contribution >= 4 is 18.0 Å². The average Bonchev–Trinajstić information content (AvgIpc) is 2.88. The standard InChI is InChI=1S/C17H28N4O5/c1-16(2,3)26-15(24)19-12(8-11-9-21(6)10-18-11)13(22)20-17(4,5)14(23)25-7/h9-10,12H,8H2,1-7H3,(H,19,24)(H,20,22)/t12-/m0/s1. The van der Waals surface area contributed by atoms with Crippen molar-refractivity contribution in [3.8, 4) is 0 Å². The number of rotatable bonds is 6. The summed E-state index contributed by atoms with van der Waals surface area (Å²) in [7, 11) is 3.04. The normalized spacial score (nSPS) is 12.9. The van der Waals surface area contributed by atoms with Crippen LogP contribution in [0.3, 0.4) is 0 Å². The van der Waals surface area contributed by atoms with E-state index in [0.29, 0.717) is 5.69 Å². The van der Waals surface area contributed by atoms with Gasteiger partial charge in [-0.15, -0.1) is 0 Å². The van der Waals surface area contributed by atoms with Crippen LogP contribution in [0.15, 0.2) is 12.5 Å². The van der Waals surface area contributed by atoms with Crippen LogP contribution in [-0.2, 0) is 32.5 Å². The van der Waals surface area contributed by atoms with Crippen LogP contribution in [0, 0.1) is 0 Å². The summed E-state index contributed by atoms with van der Waals surface area (Å²) >= 11 is 0. The van der Waals surface area contributed by atoms with E-state index in [4.69, 9.17) is 4.74 Å². The lowest BCUT2D eigenvalue weighted by atomic mass is 10.0. The summed E-state index contributed by atoms with van der Waals surface area (Å²) in [6.45, 7) is 8.20. The number of nitrogens with zero attached hydrogens (tertiary/aromatic N) is 2. The van der Waals surface area contributed by atoms with E-state index in [2.05, 4.69) is 20.4 Å². The second-order valence-corrected chi connectivity index (χ2v) is 7.54. The van der Waals surface area contributed by atoms with Crippen molar-refractivity contribution in [2.45, 2.75) is 58.2 Å². The number of amides is 2. The van der Waals surface area contributed by atoms with Crippen LogP contribution in [-0.4, -0.2) is 51.8 Å². The van der Waals surface area contributed by atoms with Crippen molar-refractivity contribution in [1.29, 1.82) is 0 Å². The van der Waals surface area contributed by atoms with E-state index in [-0.39, 0.29) is 6.42 Å². The predicted octanol–water partition coefficient (Wildman–Crippen LogP) is 0.924. The number of carbonyl (C=O) groups is 3. The number of nitrogens with one attached hydrogen (secondary N) is 2. The van der Waals surface area contributed by atoms with Crippen molar-refractivity contribution in [2.24, 2.45) is 7.05 Å². The lowest BCUT2D eigenvalue weighted by Gasteiger charge is -2.27. The summed E-state index contributed by atoms with van der Waals surface area (Å²) < 4.78 is 11.6. The first-order chi connectivity index (χ1) is 11.8. The number of aromatic nitrogens is 2. The minimum Gasteiger partial charge on any atom is -0.467 e. The van der Waals surface area contributed by atoms with Crippen LogP contribution in [0.1, 0.15) is 40.3 Å². The molecule has 0 radical (unpaired) electrons. The first-order valence-electron chi connectivity index (χ1n) is 8.21. The van der Waals surface area contributed by atoms with E-state index in [1.54, 1.807) is 44.9 Å². The van der Waals surface area contributed by atoms with Gasteiger partial charge in [0.25, 0.3) is 0 Å². The molecular formula is C17H28N4O5. The van der Waals surface area contributed by atoms with Crippen LogP contribution in [0.25, 0.3) is 0 Å². The summed E-state index contributed by atoms with van der Waals surface area (Å²) in [4.78, 5) is 40.7. The lowest BCUT2D eigenvalue weighted by Crippen LogP contribution is -2.57. The number of carbonyl (C=O) groups excluding carboxylic acids is 3. The maximum absolute atomic E-state index is 12.7. The molecule has 1 heterocycles. The van der Waals surface area contributed by atoms with E-state index in [9.17, 15) is 14.4 Å². The molecule has 0 saturated carbocycles. The number of alkyl carbamates (subject to hydrolysis) is 1. The molecule has 0 aliphatic carbocycles. The molecule has 2 amide bonds. The molecular weight excluding hydrogens is 340 g/mol. The highest BCUT2D eigenvalue weighted by molar-refractivity contribution is 5.91. The highest BCUT2D eigenvalue weighted by atomic mass is 16.6. The molecule has 26 heavy (non-hydrogen) atoms. The van der Waals surface area contributed by atoms with Gasteiger partial charge in [-0.05, 0) is 34.6 Å². The number of esters is 1. The van der Waals surface area contributed by atoms with Gasteiger partial charge in [-0.2, -0.15) is 0 Å². The van der Waals surface area contributed by atoms with E-state index in [0.717, 1.165) is 0 Å². The van der Waals surface area contributed by atoms with Crippen LogP contribution in [0.5, 0.6) is 0 Å². The highest BCUT2D eigenvalue weighted by Gasteiger charge is 2.34. The summed E-state index contributed by atoms with van der Waals surface area (Å²) in [5.74, 6) is -1.14. The molecule has 9 heteroatoms. The molecule has 1 rings (SSSR count). The van der Waals surface area contributed by atoms with Crippen LogP contribution in [0.4, 0.5) is 4.79 Å². The Bertz CT molecular complexity index is 660. The average molecular weight is 368 g/mol. The molecule has 9 nitrogen and oxygen atoms in total. The fourth-order valence-electron chi connectivity index (χ4n) is 2.14. The zero-order chi connectivity index (χ0) is 20.1. The monoisotopic (exact) mass is 368 g/mol. The third kappa shape index (κ3) is 6.73. The van der Waals surface area contributed by atoms with Crippen molar-refractivity contribution in [1.82, 2.24) is 20.2 Å². The summed E-state index contributed by atoms with van der Waals surface area (Å²) in [5.41, 5.74) is -1.34. The third-order valence-corrected chi connectivity index (χ3v) is 3.31. The molecule has 0 spiro atoms. The number of ether oxygens (including phenoxy) is 2. The zero-order valence-electron chi connectivity index (χ0n) is 16.4. The highest BCUT2D eigenvalue weighted by Crippen LogP contribution is 2.10. The summed E-state index contributed by atoms with van der Waals surface area (Å²) in [6, 6.07) is -0.969. The Hall–Kier alpha value is -2.58. The van der Waals surface area contributed by atoms with Crippen molar-refractivity contribution in [2.75, 3.05) is 7.11 Å². The van der Waals surface area contributed by atoms with Gasteiger partial charge < -0.3 is 24.7 Å². The summed E-state index contributed by atoms with van der Waals surface area (Å²) in [5, 5.41) is 5.12. The molecule has 0 bridgehead atoms. The fourth-order valence-corrected chi connectivity index (χ4v) is 2.14. The van der Waals surface area contributed by atoms with Gasteiger partial charge in [0.05, 0.1) is 19.1 Å². The molecule has 0 aliphatic rings. The van der Waals surface area contributed by atoms with Crippen molar-refractivity contribution < 1.29 is 23.9 Å². The zero-order valence-corrected chi connectivity index (χ0v) is 16.4. The van der Waals surface area contributed by atoms with Gasteiger partial charge in [0, 0.05) is 19.7 Å². The number of hydrogen-bond acceptors (Lipinski definition) is 6. The number of hydrogen-bond donors (Lipinski definition) is 2. The van der Waals surface area contributed by atoms with E-state index >= 15 is 0 Å². The maximum atomic E-state index is 12.7. The number of imidazole rings is 1. The Morgan fingerprint density at radius 1 is 1.23 bits per heavy atom. The molecule has 1 atom stereocenters. The molecule has 0 aliphatic heterocycles. The molecule has 0 unspecified atom stereocenters. The van der Waals surface area contributed by atoms with Crippen LogP contribution in [0.2, 0.25) is 0 Å². The topological polar surface area (TPSA) is 112 Å². The molecule has 0 saturated heterocycles. The lowest BCUT2D eigenvalue weighted by molar-refractivity contribution is -0.149. The van der Waals surface area contributed by atoms with Crippen LogP contribution < -0.4 is 10.6 Å². The van der Waals surface area contributed by atoms with Gasteiger partial charge in [0.2, 0.25) is 5.91 Å². The third-order valence-electron chi connectivity index (χ3n) is 3.31. The second kappa shape index (κ2) is 8.20. The molecule has 1 aromatic rings. The predicted molar refractivity (Wildman–Crippen MR) is 94.3 cm³/mol. The van der Waals surface area contributed by atoms with Gasteiger partial charge in [0.15, 0.2) is 0 Å². The van der Waals surface area contributed by atoms with Gasteiger partial charge in [0.1, 0.15) is 17.2 Å². The molecule has 0 fully saturated rings. The Kier molecular flexibility index (Phi) is 6.77. The van der Waals surface area contributed by atoms with E-state index < -0.39 is 35.2 Å².